The molecule has 0 atom stereocenters. The number of rotatable bonds is 3. The number of amides is 1. The second-order valence-corrected chi connectivity index (χ2v) is 4.53. The van der Waals surface area contributed by atoms with Crippen molar-refractivity contribution >= 4 is 23.2 Å². The van der Waals surface area contributed by atoms with Crippen LogP contribution >= 0.6 is 11.6 Å². The fourth-order valence-corrected chi connectivity index (χ4v) is 1.93. The van der Waals surface area contributed by atoms with Gasteiger partial charge in [0, 0.05) is 18.1 Å². The second kappa shape index (κ2) is 6.04. The molecule has 1 aliphatic rings. The number of nitrogens with zero attached hydrogens (tertiary/aromatic N) is 1. The van der Waals surface area contributed by atoms with E-state index in [2.05, 4.69) is 5.32 Å². The summed E-state index contributed by atoms with van der Waals surface area (Å²) >= 11 is 5.80. The summed E-state index contributed by atoms with van der Waals surface area (Å²) in [6, 6.07) is 4.54. The van der Waals surface area contributed by atoms with E-state index in [-0.39, 0.29) is 18.2 Å². The number of anilines is 1. The van der Waals surface area contributed by atoms with Crippen LogP contribution in [0.2, 0.25) is 5.02 Å². The standard InChI is InChI=1S/C12H15ClN2O3/c13-9-1-2-11(16)10(7-9)14-12(17)8-15-3-5-18-6-4-15/h1-2,7,16H,3-6,8H2,(H,14,17). The number of carbonyl (C=O) groups excluding carboxylic acids is 1. The number of aromatic hydroxyl groups is 1. The zero-order valence-corrected chi connectivity index (χ0v) is 10.6. The number of phenolic OH excluding ortho intramolecular Hbond substituents is 1. The Hall–Kier alpha value is -1.30. The highest BCUT2D eigenvalue weighted by Crippen LogP contribution is 2.26. The maximum Gasteiger partial charge on any atom is 0.238 e. The molecule has 1 fully saturated rings. The number of halogens is 1. The Balaban J connectivity index is 1.92. The first-order chi connectivity index (χ1) is 8.65. The van der Waals surface area contributed by atoms with Crippen LogP contribution in [0, 0.1) is 0 Å². The molecule has 0 saturated carbocycles. The predicted molar refractivity (Wildman–Crippen MR) is 69.0 cm³/mol. The summed E-state index contributed by atoms with van der Waals surface area (Å²) in [5, 5.41) is 12.7. The van der Waals surface area contributed by atoms with Crippen molar-refractivity contribution in [1.82, 2.24) is 4.90 Å². The lowest BCUT2D eigenvalue weighted by atomic mass is 10.3. The van der Waals surface area contributed by atoms with Crippen LogP contribution in [0.5, 0.6) is 5.75 Å². The van der Waals surface area contributed by atoms with Crippen LogP contribution in [0.4, 0.5) is 5.69 Å². The molecule has 98 valence electrons. The SMILES string of the molecule is O=C(CN1CCOCC1)Nc1cc(Cl)ccc1O. The Morgan fingerprint density at radius 3 is 2.89 bits per heavy atom. The van der Waals surface area contributed by atoms with Crippen LogP contribution < -0.4 is 5.32 Å². The summed E-state index contributed by atoms with van der Waals surface area (Å²) in [4.78, 5) is 13.8. The van der Waals surface area contributed by atoms with Gasteiger partial charge in [-0.25, -0.2) is 0 Å². The molecule has 0 spiro atoms. The summed E-state index contributed by atoms with van der Waals surface area (Å²) in [5.41, 5.74) is 0.334. The average molecular weight is 271 g/mol. The quantitative estimate of drug-likeness (QED) is 0.813. The Kier molecular flexibility index (Phi) is 4.41. The number of nitrogens with one attached hydrogen (secondary N) is 1. The maximum absolute atomic E-state index is 11.8. The summed E-state index contributed by atoms with van der Waals surface area (Å²) in [5.74, 6) is -0.163. The molecule has 0 bridgehead atoms. The molecule has 1 heterocycles. The fourth-order valence-electron chi connectivity index (χ4n) is 1.76. The second-order valence-electron chi connectivity index (χ2n) is 4.10. The first-order valence-electron chi connectivity index (χ1n) is 5.73. The molecular formula is C12H15ClN2O3. The molecule has 1 amide bonds. The molecule has 5 nitrogen and oxygen atoms in total. The third kappa shape index (κ3) is 3.60. The molecule has 1 aromatic carbocycles. The Morgan fingerprint density at radius 1 is 1.44 bits per heavy atom. The highest BCUT2D eigenvalue weighted by atomic mass is 35.5. The van der Waals surface area contributed by atoms with E-state index in [1.165, 1.54) is 12.1 Å². The highest BCUT2D eigenvalue weighted by molar-refractivity contribution is 6.31. The largest absolute Gasteiger partial charge is 0.506 e. The Morgan fingerprint density at radius 2 is 2.17 bits per heavy atom. The van der Waals surface area contributed by atoms with Crippen molar-refractivity contribution in [2.75, 3.05) is 38.2 Å². The molecule has 1 aromatic rings. The van der Waals surface area contributed by atoms with Crippen molar-refractivity contribution in [3.63, 3.8) is 0 Å². The van der Waals surface area contributed by atoms with E-state index >= 15 is 0 Å². The van der Waals surface area contributed by atoms with E-state index in [0.29, 0.717) is 23.9 Å². The van der Waals surface area contributed by atoms with Gasteiger partial charge in [0.05, 0.1) is 25.4 Å². The molecule has 0 radical (unpaired) electrons. The van der Waals surface area contributed by atoms with Gasteiger partial charge in [-0.2, -0.15) is 0 Å². The van der Waals surface area contributed by atoms with Gasteiger partial charge < -0.3 is 15.2 Å². The van der Waals surface area contributed by atoms with Crippen molar-refractivity contribution in [2.24, 2.45) is 0 Å². The molecule has 18 heavy (non-hydrogen) atoms. The van der Waals surface area contributed by atoms with Crippen molar-refractivity contribution in [3.05, 3.63) is 23.2 Å². The molecule has 1 saturated heterocycles. The van der Waals surface area contributed by atoms with E-state index in [9.17, 15) is 9.90 Å². The maximum atomic E-state index is 11.8. The number of ether oxygens (including phenoxy) is 1. The van der Waals surface area contributed by atoms with Gasteiger partial charge in [0.1, 0.15) is 5.75 Å². The normalized spacial score (nSPS) is 16.5. The molecule has 6 heteroatoms. The summed E-state index contributed by atoms with van der Waals surface area (Å²) in [6.45, 7) is 3.07. The Bertz CT molecular complexity index is 433. The lowest BCUT2D eigenvalue weighted by Crippen LogP contribution is -2.41. The lowest BCUT2D eigenvalue weighted by Gasteiger charge is -2.25. The number of morpholine rings is 1. The average Bonchev–Trinajstić information content (AvgIpc) is 2.35. The van der Waals surface area contributed by atoms with Crippen molar-refractivity contribution in [1.29, 1.82) is 0 Å². The number of hydrogen-bond acceptors (Lipinski definition) is 4. The van der Waals surface area contributed by atoms with E-state index in [1.54, 1.807) is 6.07 Å². The summed E-state index contributed by atoms with van der Waals surface area (Å²) in [6.07, 6.45) is 0. The molecule has 0 aromatic heterocycles. The number of hydrogen-bond donors (Lipinski definition) is 2. The summed E-state index contributed by atoms with van der Waals surface area (Å²) < 4.78 is 5.20. The van der Waals surface area contributed by atoms with Crippen molar-refractivity contribution in [2.45, 2.75) is 0 Å². The molecule has 0 unspecified atom stereocenters. The van der Waals surface area contributed by atoms with E-state index in [0.717, 1.165) is 13.1 Å². The minimum atomic E-state index is -0.172. The third-order valence-corrected chi connectivity index (χ3v) is 2.94. The molecular weight excluding hydrogens is 256 g/mol. The minimum absolute atomic E-state index is 0.00901. The van der Waals surface area contributed by atoms with E-state index in [1.807, 2.05) is 4.90 Å². The van der Waals surface area contributed by atoms with Crippen LogP contribution in [0.3, 0.4) is 0 Å². The van der Waals surface area contributed by atoms with Crippen LogP contribution in [0.25, 0.3) is 0 Å². The van der Waals surface area contributed by atoms with Crippen LogP contribution in [-0.4, -0.2) is 48.8 Å². The highest BCUT2D eigenvalue weighted by Gasteiger charge is 2.15. The van der Waals surface area contributed by atoms with Crippen LogP contribution in [0.15, 0.2) is 18.2 Å². The minimum Gasteiger partial charge on any atom is -0.506 e. The topological polar surface area (TPSA) is 61.8 Å². The predicted octanol–water partition coefficient (Wildman–Crippen LogP) is 1.32. The van der Waals surface area contributed by atoms with Gasteiger partial charge in [-0.3, -0.25) is 9.69 Å². The zero-order chi connectivity index (χ0) is 13.0. The number of carbonyl (C=O) groups is 1. The Labute approximate surface area is 110 Å². The lowest BCUT2D eigenvalue weighted by molar-refractivity contribution is -0.118. The van der Waals surface area contributed by atoms with E-state index in [4.69, 9.17) is 16.3 Å². The fraction of sp³-hybridized carbons (Fsp3) is 0.417. The van der Waals surface area contributed by atoms with Gasteiger partial charge in [-0.1, -0.05) is 11.6 Å². The number of phenols is 1. The van der Waals surface area contributed by atoms with Gasteiger partial charge in [0.2, 0.25) is 5.91 Å². The van der Waals surface area contributed by atoms with Crippen LogP contribution in [0.1, 0.15) is 0 Å². The van der Waals surface area contributed by atoms with E-state index < -0.39 is 0 Å². The molecule has 2 rings (SSSR count). The first-order valence-corrected chi connectivity index (χ1v) is 6.11. The number of benzene rings is 1. The van der Waals surface area contributed by atoms with Crippen molar-refractivity contribution < 1.29 is 14.6 Å². The van der Waals surface area contributed by atoms with Gasteiger partial charge in [-0.15, -0.1) is 0 Å². The first kappa shape index (κ1) is 13.1. The monoisotopic (exact) mass is 270 g/mol. The van der Waals surface area contributed by atoms with Crippen molar-refractivity contribution in [3.8, 4) is 5.75 Å². The van der Waals surface area contributed by atoms with Gasteiger partial charge in [0.15, 0.2) is 0 Å². The van der Waals surface area contributed by atoms with Gasteiger partial charge in [-0.05, 0) is 18.2 Å². The third-order valence-electron chi connectivity index (χ3n) is 2.70. The molecule has 0 aliphatic carbocycles. The molecule has 1 aliphatic heterocycles. The van der Waals surface area contributed by atoms with Gasteiger partial charge >= 0.3 is 0 Å². The zero-order valence-electron chi connectivity index (χ0n) is 9.86. The smallest absolute Gasteiger partial charge is 0.238 e. The van der Waals surface area contributed by atoms with Gasteiger partial charge in [0.25, 0.3) is 0 Å². The van der Waals surface area contributed by atoms with Crippen LogP contribution in [-0.2, 0) is 9.53 Å². The summed E-state index contributed by atoms with van der Waals surface area (Å²) in [7, 11) is 0. The molecule has 2 N–H and O–H groups in total.